The van der Waals surface area contributed by atoms with Crippen molar-refractivity contribution >= 4 is 60.5 Å². The van der Waals surface area contributed by atoms with E-state index in [1.807, 2.05) is 0 Å². The zero-order valence-corrected chi connectivity index (χ0v) is 19.6. The van der Waals surface area contributed by atoms with Gasteiger partial charge in [-0.1, -0.05) is 34.5 Å². The summed E-state index contributed by atoms with van der Waals surface area (Å²) in [5, 5.41) is 9.97. The Hall–Kier alpha value is -2.26. The van der Waals surface area contributed by atoms with E-state index in [9.17, 15) is 18.0 Å². The first kappa shape index (κ1) is 22.9. The quantitative estimate of drug-likeness (QED) is 0.335. The molecule has 3 aromatic heterocycles. The van der Waals surface area contributed by atoms with Gasteiger partial charge in [0.15, 0.2) is 16.4 Å². The summed E-state index contributed by atoms with van der Waals surface area (Å²) in [7, 11) is 2.50. The Morgan fingerprint density at radius 3 is 2.56 bits per heavy atom. The summed E-state index contributed by atoms with van der Waals surface area (Å²) in [5.41, 5.74) is 0.183. The Bertz CT molecular complexity index is 1360. The van der Waals surface area contributed by atoms with E-state index < -0.39 is 11.7 Å². The molecule has 166 valence electrons. The van der Waals surface area contributed by atoms with Gasteiger partial charge in [-0.2, -0.15) is 13.2 Å². The van der Waals surface area contributed by atoms with Gasteiger partial charge in [-0.15, -0.1) is 19.4 Å². The lowest BCUT2D eigenvalue weighted by Gasteiger charge is -2.10. The number of hydrogen-bond acceptors (Lipinski definition) is 6. The second kappa shape index (κ2) is 8.59. The van der Waals surface area contributed by atoms with Crippen LogP contribution in [0.2, 0.25) is 10.0 Å². The molecule has 0 aliphatic carbocycles. The summed E-state index contributed by atoms with van der Waals surface area (Å²) in [6.07, 6.45) is -2.22. The van der Waals surface area contributed by atoms with Crippen LogP contribution in [0.4, 0.5) is 13.2 Å². The van der Waals surface area contributed by atoms with Gasteiger partial charge in [0.25, 0.3) is 0 Å². The summed E-state index contributed by atoms with van der Waals surface area (Å²) in [4.78, 5) is 15.4. The third-order valence-corrected chi connectivity index (χ3v) is 6.26. The summed E-state index contributed by atoms with van der Waals surface area (Å²) < 4.78 is 45.8. The number of carbonyl (C=O) groups is 1. The van der Waals surface area contributed by atoms with Crippen LogP contribution in [0.3, 0.4) is 0 Å². The summed E-state index contributed by atoms with van der Waals surface area (Å²) in [6.45, 7) is 1.34. The summed E-state index contributed by atoms with van der Waals surface area (Å²) in [5.74, 6) is 0.317. The Balaban J connectivity index is 1.68. The molecule has 1 aromatic carbocycles. The molecule has 0 amide bonds. The number of alkyl halides is 3. The fourth-order valence-corrected chi connectivity index (χ4v) is 4.51. The van der Waals surface area contributed by atoms with E-state index >= 15 is 0 Å². The maximum absolute atomic E-state index is 13.1. The summed E-state index contributed by atoms with van der Waals surface area (Å²) >= 11 is 13.5. The third-order valence-electron chi connectivity index (χ3n) is 4.24. The van der Waals surface area contributed by atoms with E-state index in [0.717, 1.165) is 23.6 Å². The number of ether oxygens (including phenoxy) is 1. The number of imidazole rings is 1. The van der Waals surface area contributed by atoms with Gasteiger partial charge in [-0.3, -0.25) is 4.79 Å². The third kappa shape index (κ3) is 4.59. The highest BCUT2D eigenvalue weighted by Gasteiger charge is 2.32. The molecule has 13 heteroatoms. The van der Waals surface area contributed by atoms with E-state index in [4.69, 9.17) is 27.9 Å². The number of hydrogen-bond donors (Lipinski definition) is 0. The first-order valence-corrected chi connectivity index (χ1v) is 11.0. The molecule has 0 bridgehead atoms. The molecular formula is C19H12Cl2F3N4O2PS. The smallest absolute Gasteiger partial charge is 0.417 e. The molecule has 1 atom stereocenters. The molecule has 4 aromatic rings. The molecule has 6 nitrogen and oxygen atoms in total. The molecule has 0 aliphatic heterocycles. The van der Waals surface area contributed by atoms with E-state index in [1.54, 1.807) is 12.1 Å². The molecule has 0 radical (unpaired) electrons. The minimum absolute atomic E-state index is 0.0769. The Morgan fingerprint density at radius 1 is 1.16 bits per heavy atom. The minimum atomic E-state index is -4.54. The van der Waals surface area contributed by atoms with Gasteiger partial charge in [0, 0.05) is 29.3 Å². The predicted octanol–water partition coefficient (Wildman–Crippen LogP) is 5.31. The van der Waals surface area contributed by atoms with Gasteiger partial charge < -0.3 is 9.14 Å². The standard InChI is InChI=1S/C19H12Cl2F3N4O2PS/c1-8(29)7-30-14-4-11(20)10(3-15(14)31)17-26-27-18(32-17)13-6-28-5-9(19(22,23)24)2-12(21)16(28)25-13/h2-6H,7,31H2,1H3. The Morgan fingerprint density at radius 2 is 1.88 bits per heavy atom. The van der Waals surface area contributed by atoms with Crippen molar-refractivity contribution in [3.8, 4) is 27.0 Å². The van der Waals surface area contributed by atoms with E-state index in [2.05, 4.69) is 24.4 Å². The molecule has 0 aliphatic rings. The average molecular weight is 519 g/mol. The van der Waals surface area contributed by atoms with Gasteiger partial charge in [-0.05, 0) is 19.1 Å². The number of ketones is 1. The molecular weight excluding hydrogens is 507 g/mol. The van der Waals surface area contributed by atoms with E-state index in [0.29, 0.717) is 37.3 Å². The fourth-order valence-electron chi connectivity index (χ4n) is 2.79. The number of carbonyl (C=O) groups excluding carboxylic acids is 1. The largest absolute Gasteiger partial charge is 0.485 e. The van der Waals surface area contributed by atoms with Crippen LogP contribution in [-0.2, 0) is 11.0 Å². The van der Waals surface area contributed by atoms with Crippen molar-refractivity contribution in [3.63, 3.8) is 0 Å². The molecule has 1 unspecified atom stereocenters. The van der Waals surface area contributed by atoms with Gasteiger partial charge in [-0.25, -0.2) is 4.98 Å². The number of benzene rings is 1. The number of fused-ring (bicyclic) bond motifs is 1. The lowest BCUT2D eigenvalue weighted by molar-refractivity contribution is -0.137. The average Bonchev–Trinajstić information content (AvgIpc) is 3.34. The predicted molar refractivity (Wildman–Crippen MR) is 120 cm³/mol. The van der Waals surface area contributed by atoms with Crippen molar-refractivity contribution in [1.29, 1.82) is 0 Å². The second-order valence-electron chi connectivity index (χ2n) is 6.70. The van der Waals surface area contributed by atoms with Crippen LogP contribution in [-0.4, -0.2) is 32.0 Å². The SMILES string of the molecule is CC(=O)COc1cc(Cl)c(-c2nnc(-c3cn4cc(C(F)(F)F)cc(Cl)c4n3)s2)cc1P. The maximum Gasteiger partial charge on any atom is 0.417 e. The van der Waals surface area contributed by atoms with Crippen LogP contribution in [0.15, 0.2) is 30.6 Å². The van der Waals surface area contributed by atoms with Crippen LogP contribution in [0.5, 0.6) is 5.75 Å². The first-order chi connectivity index (χ1) is 15.0. The monoisotopic (exact) mass is 518 g/mol. The molecule has 4 rings (SSSR count). The number of aromatic nitrogens is 4. The number of nitrogens with zero attached hydrogens (tertiary/aromatic N) is 4. The summed E-state index contributed by atoms with van der Waals surface area (Å²) in [6, 6.07) is 4.13. The van der Waals surface area contributed by atoms with Crippen molar-refractivity contribution in [2.24, 2.45) is 0 Å². The van der Waals surface area contributed by atoms with Gasteiger partial charge >= 0.3 is 6.18 Å². The maximum atomic E-state index is 13.1. The number of halogens is 5. The number of pyridine rings is 1. The second-order valence-corrected chi connectivity index (χ2v) is 9.12. The van der Waals surface area contributed by atoms with Crippen molar-refractivity contribution in [2.45, 2.75) is 13.1 Å². The van der Waals surface area contributed by atoms with Crippen molar-refractivity contribution < 1.29 is 22.7 Å². The molecule has 0 N–H and O–H groups in total. The molecule has 0 saturated carbocycles. The van der Waals surface area contributed by atoms with Crippen molar-refractivity contribution in [1.82, 2.24) is 19.6 Å². The van der Waals surface area contributed by atoms with Gasteiger partial charge in [0.2, 0.25) is 0 Å². The molecule has 0 spiro atoms. The highest BCUT2D eigenvalue weighted by atomic mass is 35.5. The Kier molecular flexibility index (Phi) is 6.15. The topological polar surface area (TPSA) is 69.4 Å². The van der Waals surface area contributed by atoms with Crippen LogP contribution in [0, 0.1) is 0 Å². The van der Waals surface area contributed by atoms with E-state index in [-0.39, 0.29) is 23.1 Å². The fraction of sp³-hybridized carbons (Fsp3) is 0.158. The first-order valence-electron chi connectivity index (χ1n) is 8.84. The lowest BCUT2D eigenvalue weighted by atomic mass is 10.2. The Labute approximate surface area is 195 Å². The minimum Gasteiger partial charge on any atom is -0.485 e. The van der Waals surface area contributed by atoms with Crippen LogP contribution in [0.25, 0.3) is 26.9 Å². The zero-order valence-electron chi connectivity index (χ0n) is 16.1. The number of Topliss-reactive ketones (excluding diaryl/α,β-unsaturated/α-hetero) is 1. The molecule has 0 saturated heterocycles. The van der Waals surface area contributed by atoms with Gasteiger partial charge in [0.1, 0.15) is 23.1 Å². The van der Waals surface area contributed by atoms with Gasteiger partial charge in [0.05, 0.1) is 15.6 Å². The van der Waals surface area contributed by atoms with Crippen molar-refractivity contribution in [2.75, 3.05) is 6.61 Å². The van der Waals surface area contributed by atoms with Crippen LogP contribution < -0.4 is 10.0 Å². The van der Waals surface area contributed by atoms with Crippen LogP contribution >= 0.6 is 43.8 Å². The lowest BCUT2D eigenvalue weighted by Crippen LogP contribution is -2.10. The molecule has 0 fully saturated rings. The van der Waals surface area contributed by atoms with E-state index in [1.165, 1.54) is 17.5 Å². The number of rotatable bonds is 5. The van der Waals surface area contributed by atoms with Crippen LogP contribution in [0.1, 0.15) is 12.5 Å². The highest BCUT2D eigenvalue weighted by Crippen LogP contribution is 2.37. The molecule has 32 heavy (non-hydrogen) atoms. The van der Waals surface area contributed by atoms with Crippen molar-refractivity contribution in [3.05, 3.63) is 46.2 Å². The molecule has 3 heterocycles. The zero-order chi connectivity index (χ0) is 23.2. The highest BCUT2D eigenvalue weighted by molar-refractivity contribution is 7.27. The normalized spacial score (nSPS) is 11.8.